The average molecular weight is 382 g/mol. The molecule has 0 atom stereocenters. The maximum atomic E-state index is 13.0. The molecule has 3 heteroatoms. The molecule has 0 aromatic heterocycles. The first kappa shape index (κ1) is 23.6. The SMILES string of the molecule is CC/C(C)=C(/C=C(\C=C(/C)C(=O)NC)C(=O)CC(C)(C)C)Cc1ccccc1. The van der Waals surface area contributed by atoms with Gasteiger partial charge in [0.2, 0.25) is 5.91 Å². The number of hydrogen-bond donors (Lipinski definition) is 1. The molecule has 3 nitrogen and oxygen atoms in total. The van der Waals surface area contributed by atoms with Crippen molar-refractivity contribution in [2.45, 2.75) is 60.8 Å². The number of Topliss-reactive ketones (excluding diaryl/α,β-unsaturated/α-hetero) is 1. The van der Waals surface area contributed by atoms with Crippen molar-refractivity contribution in [2.75, 3.05) is 7.05 Å². The number of rotatable bonds is 8. The summed E-state index contributed by atoms with van der Waals surface area (Å²) in [4.78, 5) is 25.0. The molecule has 0 radical (unpaired) electrons. The van der Waals surface area contributed by atoms with Crippen LogP contribution in [0.15, 0.2) is 64.8 Å². The molecule has 0 aliphatic rings. The molecule has 0 saturated carbocycles. The van der Waals surface area contributed by atoms with E-state index in [0.29, 0.717) is 17.6 Å². The maximum Gasteiger partial charge on any atom is 0.246 e. The fraction of sp³-hybridized carbons (Fsp3) is 0.440. The molecule has 0 spiro atoms. The van der Waals surface area contributed by atoms with Crippen LogP contribution in [0, 0.1) is 5.41 Å². The molecule has 28 heavy (non-hydrogen) atoms. The minimum atomic E-state index is -0.171. The molecule has 1 aromatic carbocycles. The van der Waals surface area contributed by atoms with Gasteiger partial charge in [-0.3, -0.25) is 9.59 Å². The summed E-state index contributed by atoms with van der Waals surface area (Å²) in [6, 6.07) is 10.2. The van der Waals surface area contributed by atoms with Crippen LogP contribution < -0.4 is 5.32 Å². The highest BCUT2D eigenvalue weighted by molar-refractivity contribution is 6.02. The Morgan fingerprint density at radius 2 is 1.64 bits per heavy atom. The van der Waals surface area contributed by atoms with Crippen molar-refractivity contribution in [1.82, 2.24) is 5.32 Å². The Labute approximate surface area is 170 Å². The Kier molecular flexibility index (Phi) is 9.11. The molecule has 1 rings (SSSR count). The fourth-order valence-electron chi connectivity index (χ4n) is 2.84. The lowest BCUT2D eigenvalue weighted by Gasteiger charge is -2.18. The second-order valence-electron chi connectivity index (χ2n) is 8.49. The number of likely N-dealkylation sites (N-methyl/N-ethyl adjacent to an activating group) is 1. The van der Waals surface area contributed by atoms with Crippen molar-refractivity contribution in [1.29, 1.82) is 0 Å². The Morgan fingerprint density at radius 1 is 1.04 bits per heavy atom. The van der Waals surface area contributed by atoms with Gasteiger partial charge < -0.3 is 5.32 Å². The molecule has 1 amide bonds. The number of carbonyl (C=O) groups is 2. The molecular formula is C25H35NO2. The van der Waals surface area contributed by atoms with Gasteiger partial charge in [0.1, 0.15) is 0 Å². The molecule has 1 N–H and O–H groups in total. The van der Waals surface area contributed by atoms with Crippen molar-refractivity contribution in [3.63, 3.8) is 0 Å². The standard InChI is InChI=1S/C25H35NO2/c1-8-18(2)21(15-20-12-10-9-11-13-20)16-22(14-19(3)24(28)26-7)23(27)17-25(4,5)6/h9-14,16H,8,15,17H2,1-7H3,(H,26,28)/b19-14+,21-18+,22-16+. The number of amides is 1. The van der Waals surface area contributed by atoms with Crippen LogP contribution >= 0.6 is 0 Å². The van der Waals surface area contributed by atoms with Gasteiger partial charge in [0.25, 0.3) is 0 Å². The summed E-state index contributed by atoms with van der Waals surface area (Å²) in [6.45, 7) is 12.1. The first-order valence-electron chi connectivity index (χ1n) is 9.95. The number of allylic oxidation sites excluding steroid dienone is 5. The number of benzene rings is 1. The lowest BCUT2D eigenvalue weighted by Crippen LogP contribution is -2.20. The summed E-state index contributed by atoms with van der Waals surface area (Å²) < 4.78 is 0. The first-order valence-corrected chi connectivity index (χ1v) is 9.95. The van der Waals surface area contributed by atoms with E-state index in [2.05, 4.69) is 52.1 Å². The topological polar surface area (TPSA) is 46.2 Å². The third-order valence-corrected chi connectivity index (χ3v) is 4.62. The van der Waals surface area contributed by atoms with Crippen LogP contribution in [0.4, 0.5) is 0 Å². The fourth-order valence-corrected chi connectivity index (χ4v) is 2.84. The van der Waals surface area contributed by atoms with Crippen molar-refractivity contribution >= 4 is 11.7 Å². The maximum absolute atomic E-state index is 13.0. The van der Waals surface area contributed by atoms with Crippen molar-refractivity contribution in [3.05, 3.63) is 70.3 Å². The molecular weight excluding hydrogens is 346 g/mol. The Balaban J connectivity index is 3.42. The molecule has 0 unspecified atom stereocenters. The van der Waals surface area contributed by atoms with E-state index < -0.39 is 0 Å². The van der Waals surface area contributed by atoms with Gasteiger partial charge in [0, 0.05) is 24.6 Å². The number of carbonyl (C=O) groups excluding carboxylic acids is 2. The smallest absolute Gasteiger partial charge is 0.246 e. The minimum absolute atomic E-state index is 0.0604. The molecule has 0 bridgehead atoms. The van der Waals surface area contributed by atoms with Crippen LogP contribution in [0.1, 0.15) is 59.9 Å². The molecule has 0 aliphatic carbocycles. The predicted molar refractivity (Wildman–Crippen MR) is 118 cm³/mol. The average Bonchev–Trinajstić information content (AvgIpc) is 2.64. The highest BCUT2D eigenvalue weighted by Gasteiger charge is 2.19. The number of hydrogen-bond acceptors (Lipinski definition) is 2. The number of ketones is 1. The van der Waals surface area contributed by atoms with E-state index in [-0.39, 0.29) is 17.1 Å². The zero-order valence-corrected chi connectivity index (χ0v) is 18.5. The third kappa shape index (κ3) is 8.08. The first-order chi connectivity index (χ1) is 13.1. The predicted octanol–water partition coefficient (Wildman–Crippen LogP) is 5.58. The van der Waals surface area contributed by atoms with Crippen LogP contribution in [-0.2, 0) is 16.0 Å². The van der Waals surface area contributed by atoms with Crippen molar-refractivity contribution < 1.29 is 9.59 Å². The van der Waals surface area contributed by atoms with E-state index in [4.69, 9.17) is 0 Å². The summed E-state index contributed by atoms with van der Waals surface area (Å²) in [5, 5.41) is 2.63. The molecule has 0 saturated heterocycles. The van der Waals surface area contributed by atoms with E-state index in [1.54, 1.807) is 20.0 Å². The number of nitrogens with one attached hydrogen (secondary N) is 1. The molecule has 1 aromatic rings. The van der Waals surface area contributed by atoms with Gasteiger partial charge in [0.05, 0.1) is 0 Å². The highest BCUT2D eigenvalue weighted by Crippen LogP contribution is 2.24. The van der Waals surface area contributed by atoms with Gasteiger partial charge in [-0.05, 0) is 55.4 Å². The summed E-state index contributed by atoms with van der Waals surface area (Å²) in [6.07, 6.45) is 5.81. The van der Waals surface area contributed by atoms with Gasteiger partial charge >= 0.3 is 0 Å². The molecule has 0 fully saturated rings. The summed E-state index contributed by atoms with van der Waals surface area (Å²) in [7, 11) is 1.60. The molecule has 152 valence electrons. The normalized spacial score (nSPS) is 13.8. The monoisotopic (exact) mass is 381 g/mol. The summed E-state index contributed by atoms with van der Waals surface area (Å²) >= 11 is 0. The van der Waals surface area contributed by atoms with E-state index >= 15 is 0 Å². The van der Waals surface area contributed by atoms with Gasteiger partial charge in [-0.25, -0.2) is 0 Å². The second kappa shape index (κ2) is 10.8. The Bertz CT molecular complexity index is 775. The van der Waals surface area contributed by atoms with E-state index in [1.807, 2.05) is 24.3 Å². The minimum Gasteiger partial charge on any atom is -0.355 e. The Morgan fingerprint density at radius 3 is 2.14 bits per heavy atom. The zero-order chi connectivity index (χ0) is 21.3. The lowest BCUT2D eigenvalue weighted by atomic mass is 9.86. The summed E-state index contributed by atoms with van der Waals surface area (Å²) in [5.74, 6) is -0.111. The second-order valence-corrected chi connectivity index (χ2v) is 8.49. The highest BCUT2D eigenvalue weighted by atomic mass is 16.1. The van der Waals surface area contributed by atoms with Crippen LogP contribution in [0.5, 0.6) is 0 Å². The van der Waals surface area contributed by atoms with Crippen molar-refractivity contribution in [3.8, 4) is 0 Å². The van der Waals surface area contributed by atoms with Crippen LogP contribution in [0.2, 0.25) is 0 Å². The van der Waals surface area contributed by atoms with Gasteiger partial charge in [-0.1, -0.05) is 63.6 Å². The van der Waals surface area contributed by atoms with Gasteiger partial charge in [-0.15, -0.1) is 0 Å². The summed E-state index contributed by atoms with van der Waals surface area (Å²) in [5.41, 5.74) is 4.59. The third-order valence-electron chi connectivity index (χ3n) is 4.62. The van der Waals surface area contributed by atoms with Crippen LogP contribution in [0.25, 0.3) is 0 Å². The van der Waals surface area contributed by atoms with E-state index in [0.717, 1.165) is 18.4 Å². The van der Waals surface area contributed by atoms with Crippen LogP contribution in [-0.4, -0.2) is 18.7 Å². The van der Waals surface area contributed by atoms with Gasteiger partial charge in [0.15, 0.2) is 5.78 Å². The van der Waals surface area contributed by atoms with E-state index in [1.165, 1.54) is 11.1 Å². The lowest BCUT2D eigenvalue weighted by molar-refractivity contribution is -0.117. The van der Waals surface area contributed by atoms with Gasteiger partial charge in [-0.2, -0.15) is 0 Å². The zero-order valence-electron chi connectivity index (χ0n) is 18.5. The molecule has 0 heterocycles. The van der Waals surface area contributed by atoms with Crippen LogP contribution in [0.3, 0.4) is 0 Å². The largest absolute Gasteiger partial charge is 0.355 e. The van der Waals surface area contributed by atoms with Crippen molar-refractivity contribution in [2.24, 2.45) is 5.41 Å². The van der Waals surface area contributed by atoms with E-state index in [9.17, 15) is 9.59 Å². The quantitative estimate of drug-likeness (QED) is 0.472. The Hall–Kier alpha value is -2.42. The molecule has 0 aliphatic heterocycles.